The molecule has 2 aromatic carbocycles. The molecule has 0 saturated carbocycles. The van der Waals surface area contributed by atoms with Crippen LogP contribution in [0.3, 0.4) is 0 Å². The van der Waals surface area contributed by atoms with Gasteiger partial charge >= 0.3 is 6.09 Å². The van der Waals surface area contributed by atoms with Gasteiger partial charge in [-0.2, -0.15) is 0 Å². The van der Waals surface area contributed by atoms with Crippen LogP contribution < -0.4 is 4.90 Å². The Hall–Kier alpha value is -2.33. The van der Waals surface area contributed by atoms with E-state index >= 15 is 0 Å². The molecule has 134 valence electrons. The molecular formula is C21H20ClNO3. The summed E-state index contributed by atoms with van der Waals surface area (Å²) >= 11 is 6.23. The molecule has 0 bridgehead atoms. The van der Waals surface area contributed by atoms with Crippen molar-refractivity contribution in [3.05, 3.63) is 64.2 Å². The fourth-order valence-corrected chi connectivity index (χ4v) is 4.14. The van der Waals surface area contributed by atoms with Gasteiger partial charge in [-0.1, -0.05) is 35.9 Å². The second kappa shape index (κ2) is 5.58. The van der Waals surface area contributed by atoms with E-state index in [4.69, 9.17) is 16.3 Å². The average Bonchev–Trinajstić information content (AvgIpc) is 3.04. The summed E-state index contributed by atoms with van der Waals surface area (Å²) < 4.78 is 5.49. The van der Waals surface area contributed by atoms with Crippen molar-refractivity contribution < 1.29 is 14.3 Å². The Kier molecular flexibility index (Phi) is 3.67. The number of hydrogen-bond acceptors (Lipinski definition) is 3. The molecule has 4 rings (SSSR count). The predicted molar refractivity (Wildman–Crippen MR) is 101 cm³/mol. The zero-order chi connectivity index (χ0) is 18.7. The summed E-state index contributed by atoms with van der Waals surface area (Å²) in [5.74, 6) is -0.236. The van der Waals surface area contributed by atoms with Crippen LogP contribution in [-0.2, 0) is 27.8 Å². The number of rotatable bonds is 0. The summed E-state index contributed by atoms with van der Waals surface area (Å²) in [6.07, 6.45) is 0.488. The molecule has 1 aliphatic heterocycles. The van der Waals surface area contributed by atoms with Gasteiger partial charge in [0.15, 0.2) is 0 Å². The van der Waals surface area contributed by atoms with E-state index in [9.17, 15) is 9.59 Å². The number of halogens is 1. The molecule has 2 amide bonds. The lowest BCUT2D eigenvalue weighted by Crippen LogP contribution is -2.45. The highest BCUT2D eigenvalue weighted by Gasteiger charge is 2.56. The summed E-state index contributed by atoms with van der Waals surface area (Å²) in [6.45, 7) is 5.36. The Morgan fingerprint density at radius 1 is 1.12 bits per heavy atom. The normalized spacial score (nSPS) is 17.4. The molecule has 2 aromatic rings. The number of amides is 2. The number of carbonyl (C=O) groups is 2. The first kappa shape index (κ1) is 17.1. The molecule has 0 aromatic heterocycles. The Balaban J connectivity index is 1.83. The van der Waals surface area contributed by atoms with Crippen molar-refractivity contribution in [3.63, 3.8) is 0 Å². The lowest BCUT2D eigenvalue weighted by Gasteiger charge is -2.25. The monoisotopic (exact) mass is 369 g/mol. The first-order chi connectivity index (χ1) is 12.2. The maximum Gasteiger partial charge on any atom is 0.421 e. The van der Waals surface area contributed by atoms with Gasteiger partial charge in [-0.05, 0) is 68.5 Å². The van der Waals surface area contributed by atoms with Crippen LogP contribution in [-0.4, -0.2) is 17.6 Å². The van der Waals surface area contributed by atoms with Crippen LogP contribution in [0.2, 0.25) is 5.02 Å². The predicted octanol–water partition coefficient (Wildman–Crippen LogP) is 4.66. The van der Waals surface area contributed by atoms with E-state index in [0.29, 0.717) is 23.6 Å². The average molecular weight is 370 g/mol. The standard InChI is InChI=1S/C21H20ClNO3/c1-20(2,3)26-19(25)23-17-9-8-15(22)10-16(17)21(18(23)24)11-13-6-4-5-7-14(13)12-21/h4-10H,11-12H2,1-3H3. The van der Waals surface area contributed by atoms with Crippen molar-refractivity contribution in [3.8, 4) is 0 Å². The number of anilines is 1. The molecule has 5 heteroatoms. The van der Waals surface area contributed by atoms with Crippen LogP contribution in [0, 0.1) is 0 Å². The van der Waals surface area contributed by atoms with Crippen molar-refractivity contribution in [2.75, 3.05) is 4.90 Å². The molecule has 4 nitrogen and oxygen atoms in total. The summed E-state index contributed by atoms with van der Waals surface area (Å²) in [5, 5.41) is 0.554. The van der Waals surface area contributed by atoms with Crippen LogP contribution in [0.4, 0.5) is 10.5 Å². The second-order valence-electron chi connectivity index (χ2n) is 7.99. The molecule has 0 unspecified atom stereocenters. The highest BCUT2D eigenvalue weighted by Crippen LogP contribution is 2.50. The lowest BCUT2D eigenvalue weighted by molar-refractivity contribution is -0.122. The first-order valence-electron chi connectivity index (χ1n) is 8.66. The maximum absolute atomic E-state index is 13.5. The van der Waals surface area contributed by atoms with E-state index in [1.165, 1.54) is 4.90 Å². The molecule has 1 heterocycles. The van der Waals surface area contributed by atoms with Crippen LogP contribution in [0.25, 0.3) is 0 Å². The van der Waals surface area contributed by atoms with E-state index in [1.54, 1.807) is 32.9 Å². The molecule has 1 spiro atoms. The fraction of sp³-hybridized carbons (Fsp3) is 0.333. The Morgan fingerprint density at radius 2 is 1.73 bits per heavy atom. The minimum absolute atomic E-state index is 0.236. The number of benzene rings is 2. The minimum Gasteiger partial charge on any atom is -0.443 e. The number of imide groups is 1. The Morgan fingerprint density at radius 3 is 2.31 bits per heavy atom. The van der Waals surface area contributed by atoms with E-state index in [0.717, 1.165) is 16.7 Å². The molecule has 0 fully saturated rings. The van der Waals surface area contributed by atoms with E-state index < -0.39 is 17.1 Å². The van der Waals surface area contributed by atoms with Gasteiger partial charge in [0, 0.05) is 5.02 Å². The highest BCUT2D eigenvalue weighted by atomic mass is 35.5. The van der Waals surface area contributed by atoms with Crippen molar-refractivity contribution >= 4 is 29.3 Å². The Bertz CT molecular complexity index is 904. The quantitative estimate of drug-likeness (QED) is 0.678. The van der Waals surface area contributed by atoms with E-state index in [2.05, 4.69) is 0 Å². The zero-order valence-electron chi connectivity index (χ0n) is 15.0. The minimum atomic E-state index is -0.791. The molecule has 0 atom stereocenters. The molecule has 26 heavy (non-hydrogen) atoms. The first-order valence-corrected chi connectivity index (χ1v) is 9.03. The van der Waals surface area contributed by atoms with Gasteiger partial charge in [0.1, 0.15) is 5.60 Å². The molecule has 2 aliphatic rings. The number of fused-ring (bicyclic) bond motifs is 3. The van der Waals surface area contributed by atoms with Gasteiger partial charge in [-0.15, -0.1) is 0 Å². The summed E-state index contributed by atoms with van der Waals surface area (Å²) in [7, 11) is 0. The number of nitrogens with zero attached hydrogens (tertiary/aromatic N) is 1. The topological polar surface area (TPSA) is 46.6 Å². The van der Waals surface area contributed by atoms with Gasteiger partial charge in [0.25, 0.3) is 0 Å². The third-order valence-corrected chi connectivity index (χ3v) is 5.24. The summed E-state index contributed by atoms with van der Waals surface area (Å²) in [5.41, 5.74) is 2.17. The van der Waals surface area contributed by atoms with E-state index in [-0.39, 0.29) is 5.91 Å². The van der Waals surface area contributed by atoms with E-state index in [1.807, 2.05) is 30.3 Å². The van der Waals surface area contributed by atoms with Crippen molar-refractivity contribution in [2.45, 2.75) is 44.6 Å². The number of ether oxygens (including phenoxy) is 1. The third-order valence-electron chi connectivity index (χ3n) is 5.01. The van der Waals surface area contributed by atoms with Crippen LogP contribution in [0.1, 0.15) is 37.5 Å². The van der Waals surface area contributed by atoms with Gasteiger partial charge in [0.2, 0.25) is 5.91 Å². The van der Waals surface area contributed by atoms with Gasteiger partial charge in [-0.3, -0.25) is 4.79 Å². The largest absolute Gasteiger partial charge is 0.443 e. The highest BCUT2D eigenvalue weighted by molar-refractivity contribution is 6.31. The molecule has 1 aliphatic carbocycles. The summed E-state index contributed by atoms with van der Waals surface area (Å²) in [6, 6.07) is 13.3. The summed E-state index contributed by atoms with van der Waals surface area (Å²) in [4.78, 5) is 27.4. The molecule has 0 N–H and O–H groups in total. The van der Waals surface area contributed by atoms with Crippen molar-refractivity contribution in [1.29, 1.82) is 0 Å². The smallest absolute Gasteiger partial charge is 0.421 e. The zero-order valence-corrected chi connectivity index (χ0v) is 15.8. The van der Waals surface area contributed by atoms with Crippen LogP contribution in [0.5, 0.6) is 0 Å². The van der Waals surface area contributed by atoms with Crippen molar-refractivity contribution in [2.24, 2.45) is 0 Å². The third kappa shape index (κ3) is 2.52. The van der Waals surface area contributed by atoms with Gasteiger partial charge in [0.05, 0.1) is 11.1 Å². The van der Waals surface area contributed by atoms with Crippen molar-refractivity contribution in [1.82, 2.24) is 0 Å². The Labute approximate surface area is 157 Å². The SMILES string of the molecule is CC(C)(C)OC(=O)N1C(=O)C2(Cc3ccccc3C2)c2cc(Cl)ccc21. The maximum atomic E-state index is 13.5. The molecular weight excluding hydrogens is 350 g/mol. The fourth-order valence-electron chi connectivity index (χ4n) is 3.97. The number of carbonyl (C=O) groups excluding carboxylic acids is 2. The lowest BCUT2D eigenvalue weighted by atomic mass is 9.79. The van der Waals surface area contributed by atoms with Gasteiger partial charge < -0.3 is 4.74 Å². The molecule has 0 radical (unpaired) electrons. The molecule has 0 saturated heterocycles. The number of hydrogen-bond donors (Lipinski definition) is 0. The van der Waals surface area contributed by atoms with Crippen LogP contribution in [0.15, 0.2) is 42.5 Å². The second-order valence-corrected chi connectivity index (χ2v) is 8.42. The van der Waals surface area contributed by atoms with Crippen LogP contribution >= 0.6 is 11.6 Å². The van der Waals surface area contributed by atoms with Gasteiger partial charge in [-0.25, -0.2) is 9.69 Å².